The summed E-state index contributed by atoms with van der Waals surface area (Å²) < 4.78 is 4.89. The van der Waals surface area contributed by atoms with Gasteiger partial charge in [-0.05, 0) is 12.1 Å². The first-order valence-corrected chi connectivity index (χ1v) is 3.70. The van der Waals surface area contributed by atoms with Crippen molar-refractivity contribution in [1.82, 2.24) is 4.98 Å². The molecule has 4 nitrogen and oxygen atoms in total. The molecular weight excluding hydrogens is 154 g/mol. The van der Waals surface area contributed by atoms with E-state index in [2.05, 4.69) is 4.98 Å². The molecule has 0 aromatic carbocycles. The molecule has 0 aliphatic carbocycles. The first-order valence-electron chi connectivity index (χ1n) is 3.70. The maximum absolute atomic E-state index is 5.73. The number of ether oxygens (including phenoxy) is 1. The van der Waals surface area contributed by atoms with Gasteiger partial charge in [-0.25, -0.2) is 0 Å². The van der Waals surface area contributed by atoms with E-state index in [1.807, 2.05) is 0 Å². The Morgan fingerprint density at radius 3 is 3.00 bits per heavy atom. The van der Waals surface area contributed by atoms with E-state index in [4.69, 9.17) is 16.2 Å². The van der Waals surface area contributed by atoms with Crippen molar-refractivity contribution in [3.05, 3.63) is 24.0 Å². The largest absolute Gasteiger partial charge is 0.399 e. The summed E-state index contributed by atoms with van der Waals surface area (Å²) in [5.41, 5.74) is 12.7. The first-order chi connectivity index (χ1) is 5.74. The summed E-state index contributed by atoms with van der Waals surface area (Å²) in [7, 11) is 1.60. The normalized spacial score (nSPS) is 12.8. The summed E-state index contributed by atoms with van der Waals surface area (Å²) >= 11 is 0. The van der Waals surface area contributed by atoms with Gasteiger partial charge >= 0.3 is 0 Å². The van der Waals surface area contributed by atoms with Crippen LogP contribution in [-0.2, 0) is 4.74 Å². The average molecular weight is 167 g/mol. The monoisotopic (exact) mass is 167 g/mol. The summed E-state index contributed by atoms with van der Waals surface area (Å²) in [5, 5.41) is 0. The summed E-state index contributed by atoms with van der Waals surface area (Å²) in [5.74, 6) is 0. The third-order valence-corrected chi connectivity index (χ3v) is 1.53. The summed E-state index contributed by atoms with van der Waals surface area (Å²) in [4.78, 5) is 4.07. The Bertz CT molecular complexity index is 252. The van der Waals surface area contributed by atoms with Crippen LogP contribution in [0.15, 0.2) is 18.3 Å². The Kier molecular flexibility index (Phi) is 3.01. The molecule has 0 aliphatic heterocycles. The van der Waals surface area contributed by atoms with E-state index in [1.165, 1.54) is 0 Å². The maximum atomic E-state index is 5.73. The van der Waals surface area contributed by atoms with E-state index >= 15 is 0 Å². The van der Waals surface area contributed by atoms with Crippen LogP contribution in [0.3, 0.4) is 0 Å². The van der Waals surface area contributed by atoms with Gasteiger partial charge in [0.05, 0.1) is 18.3 Å². The maximum Gasteiger partial charge on any atom is 0.0708 e. The number of nitrogen functional groups attached to an aromatic ring is 1. The lowest BCUT2D eigenvalue weighted by atomic mass is 10.2. The molecule has 0 amide bonds. The van der Waals surface area contributed by atoms with Crippen LogP contribution in [0.5, 0.6) is 0 Å². The molecule has 1 atom stereocenters. The van der Waals surface area contributed by atoms with E-state index < -0.39 is 0 Å². The quantitative estimate of drug-likeness (QED) is 0.679. The molecule has 0 bridgehead atoms. The zero-order valence-electron chi connectivity index (χ0n) is 7.03. The predicted molar refractivity (Wildman–Crippen MR) is 47.5 cm³/mol. The van der Waals surface area contributed by atoms with Gasteiger partial charge in [0.25, 0.3) is 0 Å². The number of rotatable bonds is 3. The molecule has 1 aromatic heterocycles. The van der Waals surface area contributed by atoms with Gasteiger partial charge in [0.2, 0.25) is 0 Å². The smallest absolute Gasteiger partial charge is 0.0708 e. The van der Waals surface area contributed by atoms with Crippen molar-refractivity contribution in [2.24, 2.45) is 5.73 Å². The minimum atomic E-state index is -0.196. The molecule has 0 spiro atoms. The van der Waals surface area contributed by atoms with Crippen molar-refractivity contribution in [3.63, 3.8) is 0 Å². The van der Waals surface area contributed by atoms with Crippen LogP contribution in [-0.4, -0.2) is 18.7 Å². The molecule has 1 rings (SSSR count). The van der Waals surface area contributed by atoms with E-state index in [9.17, 15) is 0 Å². The average Bonchev–Trinajstić information content (AvgIpc) is 2.05. The highest BCUT2D eigenvalue weighted by Crippen LogP contribution is 2.10. The standard InChI is InChI=1S/C8H13N3O/c1-12-5-7(10)8-4-6(9)2-3-11-8/h2-4,7H,5,10H2,1H3,(H2,9,11)/t7-/m0/s1. The lowest BCUT2D eigenvalue weighted by molar-refractivity contribution is 0.179. The molecular formula is C8H13N3O. The van der Waals surface area contributed by atoms with Crippen molar-refractivity contribution in [3.8, 4) is 0 Å². The molecule has 0 saturated carbocycles. The van der Waals surface area contributed by atoms with Crippen molar-refractivity contribution in [2.45, 2.75) is 6.04 Å². The van der Waals surface area contributed by atoms with Crippen molar-refractivity contribution < 1.29 is 4.74 Å². The Morgan fingerprint density at radius 1 is 1.67 bits per heavy atom. The number of nitrogens with zero attached hydrogens (tertiary/aromatic N) is 1. The lowest BCUT2D eigenvalue weighted by Crippen LogP contribution is -2.17. The minimum absolute atomic E-state index is 0.196. The summed E-state index contributed by atoms with van der Waals surface area (Å²) in [6, 6.07) is 3.28. The number of pyridine rings is 1. The van der Waals surface area contributed by atoms with Crippen LogP contribution in [0.4, 0.5) is 5.69 Å². The van der Waals surface area contributed by atoms with Crippen LogP contribution >= 0.6 is 0 Å². The number of hydrogen-bond acceptors (Lipinski definition) is 4. The van der Waals surface area contributed by atoms with E-state index in [1.54, 1.807) is 25.4 Å². The van der Waals surface area contributed by atoms with Crippen LogP contribution in [0.2, 0.25) is 0 Å². The molecule has 4 heteroatoms. The first kappa shape index (κ1) is 8.96. The Labute approximate surface area is 71.5 Å². The third kappa shape index (κ3) is 2.18. The van der Waals surface area contributed by atoms with Gasteiger partial charge in [-0.3, -0.25) is 4.98 Å². The van der Waals surface area contributed by atoms with Crippen molar-refractivity contribution in [2.75, 3.05) is 19.5 Å². The van der Waals surface area contributed by atoms with Gasteiger partial charge in [-0.15, -0.1) is 0 Å². The fraction of sp³-hybridized carbons (Fsp3) is 0.375. The number of anilines is 1. The molecule has 0 fully saturated rings. The summed E-state index contributed by atoms with van der Waals surface area (Å²) in [6.45, 7) is 0.455. The molecule has 0 unspecified atom stereocenters. The van der Waals surface area contributed by atoms with E-state index in [0.29, 0.717) is 12.3 Å². The van der Waals surface area contributed by atoms with Gasteiger partial charge in [0, 0.05) is 19.0 Å². The predicted octanol–water partition coefficient (Wildman–Crippen LogP) is 0.310. The van der Waals surface area contributed by atoms with Crippen LogP contribution in [0.25, 0.3) is 0 Å². The van der Waals surface area contributed by atoms with E-state index in [-0.39, 0.29) is 6.04 Å². The van der Waals surface area contributed by atoms with Gasteiger partial charge in [-0.2, -0.15) is 0 Å². The van der Waals surface area contributed by atoms with Gasteiger partial charge in [0.1, 0.15) is 0 Å². The Morgan fingerprint density at radius 2 is 2.42 bits per heavy atom. The van der Waals surface area contributed by atoms with E-state index in [0.717, 1.165) is 5.69 Å². The third-order valence-electron chi connectivity index (χ3n) is 1.53. The zero-order chi connectivity index (χ0) is 8.97. The molecule has 12 heavy (non-hydrogen) atoms. The number of hydrogen-bond donors (Lipinski definition) is 2. The van der Waals surface area contributed by atoms with Crippen molar-refractivity contribution in [1.29, 1.82) is 0 Å². The highest BCUT2D eigenvalue weighted by atomic mass is 16.5. The van der Waals surface area contributed by atoms with Crippen LogP contribution in [0.1, 0.15) is 11.7 Å². The number of methoxy groups -OCH3 is 1. The van der Waals surface area contributed by atoms with Crippen LogP contribution in [0, 0.1) is 0 Å². The zero-order valence-corrected chi connectivity index (χ0v) is 7.03. The van der Waals surface area contributed by atoms with Gasteiger partial charge in [-0.1, -0.05) is 0 Å². The fourth-order valence-electron chi connectivity index (χ4n) is 0.933. The molecule has 66 valence electrons. The van der Waals surface area contributed by atoms with Gasteiger partial charge < -0.3 is 16.2 Å². The fourth-order valence-corrected chi connectivity index (χ4v) is 0.933. The molecule has 1 aromatic rings. The molecule has 0 aliphatic rings. The second-order valence-corrected chi connectivity index (χ2v) is 2.58. The van der Waals surface area contributed by atoms with Gasteiger partial charge in [0.15, 0.2) is 0 Å². The summed E-state index contributed by atoms with van der Waals surface area (Å²) in [6.07, 6.45) is 1.64. The molecule has 4 N–H and O–H groups in total. The highest BCUT2D eigenvalue weighted by molar-refractivity contribution is 5.37. The Balaban J connectivity index is 2.73. The number of nitrogens with two attached hydrogens (primary N) is 2. The number of aromatic nitrogens is 1. The topological polar surface area (TPSA) is 74.2 Å². The molecule has 0 radical (unpaired) electrons. The second-order valence-electron chi connectivity index (χ2n) is 2.58. The SMILES string of the molecule is COC[C@H](N)c1cc(N)ccn1. The molecule has 1 heterocycles. The highest BCUT2D eigenvalue weighted by Gasteiger charge is 2.05. The lowest BCUT2D eigenvalue weighted by Gasteiger charge is -2.09. The minimum Gasteiger partial charge on any atom is -0.399 e. The van der Waals surface area contributed by atoms with Crippen molar-refractivity contribution >= 4 is 5.69 Å². The Hall–Kier alpha value is -1.13. The second kappa shape index (κ2) is 4.04. The van der Waals surface area contributed by atoms with Crippen LogP contribution < -0.4 is 11.5 Å². The molecule has 0 saturated heterocycles.